The Morgan fingerprint density at radius 1 is 1.00 bits per heavy atom. The molecule has 2 aromatic carbocycles. The van der Waals surface area contributed by atoms with Gasteiger partial charge in [0, 0.05) is 5.56 Å². The average molecular weight is 324 g/mol. The molecule has 126 valence electrons. The Balaban J connectivity index is 1.97. The van der Waals surface area contributed by atoms with Crippen molar-refractivity contribution in [1.29, 1.82) is 0 Å². The Bertz CT molecular complexity index is 689. The van der Waals surface area contributed by atoms with Gasteiger partial charge in [-0.3, -0.25) is 4.79 Å². The summed E-state index contributed by atoms with van der Waals surface area (Å²) < 4.78 is 5.51. The molecule has 0 radical (unpaired) electrons. The van der Waals surface area contributed by atoms with Gasteiger partial charge in [0.15, 0.2) is 0 Å². The van der Waals surface area contributed by atoms with Crippen molar-refractivity contribution < 1.29 is 9.53 Å². The minimum absolute atomic E-state index is 0.235. The lowest BCUT2D eigenvalue weighted by molar-refractivity contribution is 0.0955. The van der Waals surface area contributed by atoms with E-state index in [0.29, 0.717) is 12.2 Å². The van der Waals surface area contributed by atoms with Crippen molar-refractivity contribution in [2.75, 3.05) is 6.61 Å². The molecule has 0 spiro atoms. The van der Waals surface area contributed by atoms with E-state index in [1.165, 1.54) is 5.56 Å². The van der Waals surface area contributed by atoms with E-state index in [9.17, 15) is 4.79 Å². The maximum atomic E-state index is 12.1. The molecule has 24 heavy (non-hydrogen) atoms. The first-order chi connectivity index (χ1) is 11.6. The third-order valence-electron chi connectivity index (χ3n) is 3.69. The number of carbonyl (C=O) groups is 1. The topological polar surface area (TPSA) is 50.7 Å². The number of rotatable bonds is 7. The fourth-order valence-corrected chi connectivity index (χ4v) is 2.17. The number of hydrogen-bond donors (Lipinski definition) is 1. The summed E-state index contributed by atoms with van der Waals surface area (Å²) >= 11 is 0. The second-order valence-electron chi connectivity index (χ2n) is 5.56. The molecule has 1 N–H and O–H groups in total. The SMILES string of the molecule is CCCOc1ccc(C(=O)N/N=C(/C)c2ccc(CC)cc2)cc1. The van der Waals surface area contributed by atoms with Gasteiger partial charge in [0.2, 0.25) is 0 Å². The van der Waals surface area contributed by atoms with Crippen molar-refractivity contribution in [1.82, 2.24) is 5.43 Å². The lowest BCUT2D eigenvalue weighted by Gasteiger charge is -2.06. The molecule has 0 aliphatic heterocycles. The van der Waals surface area contributed by atoms with Gasteiger partial charge >= 0.3 is 0 Å². The molecule has 0 atom stereocenters. The Kier molecular flexibility index (Phi) is 6.55. The van der Waals surface area contributed by atoms with Crippen molar-refractivity contribution in [3.05, 3.63) is 65.2 Å². The molecular formula is C20H24N2O2. The van der Waals surface area contributed by atoms with Gasteiger partial charge in [-0.2, -0.15) is 5.10 Å². The lowest BCUT2D eigenvalue weighted by Crippen LogP contribution is -2.19. The molecule has 0 fully saturated rings. The highest BCUT2D eigenvalue weighted by Gasteiger charge is 2.05. The molecule has 0 heterocycles. The number of aryl methyl sites for hydroxylation is 1. The van der Waals surface area contributed by atoms with Crippen molar-refractivity contribution in [2.24, 2.45) is 5.10 Å². The zero-order chi connectivity index (χ0) is 17.4. The first kappa shape index (κ1) is 17.7. The van der Waals surface area contributed by atoms with Gasteiger partial charge in [-0.25, -0.2) is 5.43 Å². The molecule has 0 saturated heterocycles. The van der Waals surface area contributed by atoms with Crippen LogP contribution >= 0.6 is 0 Å². The molecular weight excluding hydrogens is 300 g/mol. The van der Waals surface area contributed by atoms with E-state index in [-0.39, 0.29) is 5.91 Å². The van der Waals surface area contributed by atoms with Crippen LogP contribution in [0.4, 0.5) is 0 Å². The molecule has 0 unspecified atom stereocenters. The van der Waals surface area contributed by atoms with Crippen molar-refractivity contribution in [3.63, 3.8) is 0 Å². The van der Waals surface area contributed by atoms with E-state index in [2.05, 4.69) is 36.5 Å². The minimum atomic E-state index is -0.235. The molecule has 2 aromatic rings. The maximum absolute atomic E-state index is 12.1. The number of carbonyl (C=O) groups excluding carboxylic acids is 1. The summed E-state index contributed by atoms with van der Waals surface area (Å²) in [5.74, 6) is 0.533. The Morgan fingerprint density at radius 3 is 2.21 bits per heavy atom. The second kappa shape index (κ2) is 8.87. The Morgan fingerprint density at radius 2 is 1.62 bits per heavy atom. The van der Waals surface area contributed by atoms with Gasteiger partial charge in [-0.15, -0.1) is 0 Å². The van der Waals surface area contributed by atoms with E-state index in [4.69, 9.17) is 4.74 Å². The molecule has 1 amide bonds. The molecule has 0 aromatic heterocycles. The summed E-state index contributed by atoms with van der Waals surface area (Å²) in [5.41, 5.74) is 6.20. The number of amides is 1. The number of benzene rings is 2. The fourth-order valence-electron chi connectivity index (χ4n) is 2.17. The average Bonchev–Trinajstić information content (AvgIpc) is 2.64. The molecule has 0 aliphatic carbocycles. The molecule has 2 rings (SSSR count). The van der Waals surface area contributed by atoms with Crippen LogP contribution in [0.3, 0.4) is 0 Å². The summed E-state index contributed by atoms with van der Waals surface area (Å²) in [6, 6.07) is 15.3. The van der Waals surface area contributed by atoms with Crippen molar-refractivity contribution in [3.8, 4) is 5.75 Å². The first-order valence-electron chi connectivity index (χ1n) is 8.30. The third kappa shape index (κ3) is 4.95. The quantitative estimate of drug-likeness (QED) is 0.613. The highest BCUT2D eigenvalue weighted by molar-refractivity contribution is 6.00. The normalized spacial score (nSPS) is 11.2. The Labute approximate surface area is 143 Å². The van der Waals surface area contributed by atoms with Crippen LogP contribution < -0.4 is 10.2 Å². The fraction of sp³-hybridized carbons (Fsp3) is 0.300. The number of nitrogens with zero attached hydrogens (tertiary/aromatic N) is 1. The smallest absolute Gasteiger partial charge is 0.271 e. The van der Waals surface area contributed by atoms with Gasteiger partial charge in [-0.1, -0.05) is 38.1 Å². The minimum Gasteiger partial charge on any atom is -0.494 e. The first-order valence-corrected chi connectivity index (χ1v) is 8.30. The van der Waals surface area contributed by atoms with Crippen LogP contribution in [0, 0.1) is 0 Å². The highest BCUT2D eigenvalue weighted by Crippen LogP contribution is 2.12. The van der Waals surface area contributed by atoms with Crippen LogP contribution in [0.15, 0.2) is 53.6 Å². The van der Waals surface area contributed by atoms with Gasteiger partial charge in [0.1, 0.15) is 5.75 Å². The lowest BCUT2D eigenvalue weighted by atomic mass is 10.1. The molecule has 0 bridgehead atoms. The number of hydrogen-bond acceptors (Lipinski definition) is 3. The van der Waals surface area contributed by atoms with E-state index in [1.54, 1.807) is 24.3 Å². The van der Waals surface area contributed by atoms with Crippen LogP contribution in [0.2, 0.25) is 0 Å². The van der Waals surface area contributed by atoms with Crippen LogP contribution in [-0.2, 0) is 6.42 Å². The van der Waals surface area contributed by atoms with E-state index in [0.717, 1.165) is 29.9 Å². The van der Waals surface area contributed by atoms with Gasteiger partial charge in [0.25, 0.3) is 5.91 Å². The van der Waals surface area contributed by atoms with Gasteiger partial charge < -0.3 is 4.74 Å². The summed E-state index contributed by atoms with van der Waals surface area (Å²) in [6.07, 6.45) is 1.96. The van der Waals surface area contributed by atoms with Crippen LogP contribution in [0.5, 0.6) is 5.75 Å². The summed E-state index contributed by atoms with van der Waals surface area (Å²) in [6.45, 7) is 6.72. The monoisotopic (exact) mass is 324 g/mol. The largest absolute Gasteiger partial charge is 0.494 e. The summed E-state index contributed by atoms with van der Waals surface area (Å²) in [5, 5.41) is 4.18. The predicted octanol–water partition coefficient (Wildman–Crippen LogP) is 4.19. The summed E-state index contributed by atoms with van der Waals surface area (Å²) in [4.78, 5) is 12.1. The third-order valence-corrected chi connectivity index (χ3v) is 3.69. The van der Waals surface area contributed by atoms with E-state index >= 15 is 0 Å². The maximum Gasteiger partial charge on any atom is 0.271 e. The second-order valence-corrected chi connectivity index (χ2v) is 5.56. The highest BCUT2D eigenvalue weighted by atomic mass is 16.5. The van der Waals surface area contributed by atoms with Gasteiger partial charge in [0.05, 0.1) is 12.3 Å². The molecule has 0 saturated carbocycles. The zero-order valence-corrected chi connectivity index (χ0v) is 14.5. The van der Waals surface area contributed by atoms with Crippen LogP contribution in [0.1, 0.15) is 48.7 Å². The summed E-state index contributed by atoms with van der Waals surface area (Å²) in [7, 11) is 0. The Hall–Kier alpha value is -2.62. The molecule has 4 heteroatoms. The standard InChI is InChI=1S/C20H24N2O2/c1-4-14-24-19-12-10-18(11-13-19)20(23)22-21-15(3)17-8-6-16(5-2)7-9-17/h6-13H,4-5,14H2,1-3H3,(H,22,23)/b21-15-. The van der Waals surface area contributed by atoms with Crippen molar-refractivity contribution >= 4 is 11.6 Å². The van der Waals surface area contributed by atoms with E-state index in [1.807, 2.05) is 19.1 Å². The number of nitrogens with one attached hydrogen (secondary N) is 1. The number of hydrazone groups is 1. The number of ether oxygens (including phenoxy) is 1. The zero-order valence-electron chi connectivity index (χ0n) is 14.5. The van der Waals surface area contributed by atoms with Crippen LogP contribution in [0.25, 0.3) is 0 Å². The predicted molar refractivity (Wildman–Crippen MR) is 97.7 cm³/mol. The molecule has 4 nitrogen and oxygen atoms in total. The molecule has 0 aliphatic rings. The van der Waals surface area contributed by atoms with Crippen LogP contribution in [-0.4, -0.2) is 18.2 Å². The van der Waals surface area contributed by atoms with Crippen molar-refractivity contribution in [2.45, 2.75) is 33.6 Å². The van der Waals surface area contributed by atoms with Gasteiger partial charge in [-0.05, 0) is 55.2 Å². The van der Waals surface area contributed by atoms with E-state index < -0.39 is 0 Å².